The molecule has 0 saturated carbocycles. The summed E-state index contributed by atoms with van der Waals surface area (Å²) in [6.45, 7) is 7.28. The van der Waals surface area contributed by atoms with Gasteiger partial charge in [-0.1, -0.05) is 24.6 Å². The normalized spacial score (nSPS) is 11.7. The topological polar surface area (TPSA) is 24.9 Å². The Bertz CT molecular complexity index is 267. The van der Waals surface area contributed by atoms with Crippen molar-refractivity contribution in [2.75, 3.05) is 6.54 Å². The minimum atomic E-state index is -0.0354. The van der Waals surface area contributed by atoms with E-state index in [-0.39, 0.29) is 5.54 Å². The highest BCUT2D eigenvalue weighted by molar-refractivity contribution is 6.29. The van der Waals surface area contributed by atoms with Crippen molar-refractivity contribution >= 4 is 11.6 Å². The zero-order chi connectivity index (χ0) is 9.90. The molecule has 0 saturated heterocycles. The van der Waals surface area contributed by atoms with Crippen molar-refractivity contribution in [3.63, 3.8) is 0 Å². The van der Waals surface area contributed by atoms with E-state index in [0.29, 0.717) is 5.15 Å². The van der Waals surface area contributed by atoms with E-state index in [1.807, 2.05) is 18.3 Å². The minimum absolute atomic E-state index is 0.0354. The van der Waals surface area contributed by atoms with Gasteiger partial charge in [0.25, 0.3) is 0 Å². The van der Waals surface area contributed by atoms with Crippen LogP contribution >= 0.6 is 11.6 Å². The first kappa shape index (κ1) is 10.5. The van der Waals surface area contributed by atoms with Crippen LogP contribution in [0.2, 0.25) is 5.15 Å². The first-order chi connectivity index (χ1) is 6.06. The van der Waals surface area contributed by atoms with Crippen LogP contribution in [0.25, 0.3) is 0 Å². The van der Waals surface area contributed by atoms with E-state index in [1.54, 1.807) is 0 Å². The standard InChI is InChI=1S/C10H15ClN2/c1-4-13-10(2,3)8-5-6-9(11)12-7-8/h5-7,13H,4H2,1-3H3. The highest BCUT2D eigenvalue weighted by atomic mass is 35.5. The summed E-state index contributed by atoms with van der Waals surface area (Å²) in [5.41, 5.74) is 1.12. The van der Waals surface area contributed by atoms with Gasteiger partial charge in [0.05, 0.1) is 0 Å². The summed E-state index contributed by atoms with van der Waals surface area (Å²) in [5.74, 6) is 0. The predicted octanol–water partition coefficient (Wildman–Crippen LogP) is 2.58. The molecule has 0 aromatic carbocycles. The molecule has 0 aliphatic heterocycles. The highest BCUT2D eigenvalue weighted by Crippen LogP contribution is 2.19. The van der Waals surface area contributed by atoms with E-state index in [2.05, 4.69) is 31.1 Å². The van der Waals surface area contributed by atoms with Gasteiger partial charge in [-0.15, -0.1) is 0 Å². The molecule has 0 radical (unpaired) electrons. The molecule has 0 fully saturated rings. The summed E-state index contributed by atoms with van der Waals surface area (Å²) >= 11 is 5.71. The van der Waals surface area contributed by atoms with E-state index >= 15 is 0 Å². The Kier molecular flexibility index (Phi) is 3.28. The van der Waals surface area contributed by atoms with E-state index < -0.39 is 0 Å². The van der Waals surface area contributed by atoms with Gasteiger partial charge in [0.2, 0.25) is 0 Å². The quantitative estimate of drug-likeness (QED) is 0.756. The third kappa shape index (κ3) is 2.68. The first-order valence-corrected chi connectivity index (χ1v) is 4.81. The molecule has 1 rings (SSSR count). The maximum Gasteiger partial charge on any atom is 0.129 e. The lowest BCUT2D eigenvalue weighted by Crippen LogP contribution is -2.36. The second kappa shape index (κ2) is 4.07. The van der Waals surface area contributed by atoms with Crippen molar-refractivity contribution in [3.8, 4) is 0 Å². The molecule has 13 heavy (non-hydrogen) atoms. The molecule has 0 bridgehead atoms. The van der Waals surface area contributed by atoms with E-state index in [1.165, 1.54) is 0 Å². The third-order valence-corrected chi connectivity index (χ3v) is 2.29. The molecule has 2 nitrogen and oxygen atoms in total. The number of rotatable bonds is 3. The van der Waals surface area contributed by atoms with Crippen LogP contribution in [0.3, 0.4) is 0 Å². The molecule has 3 heteroatoms. The molecule has 1 aromatic heterocycles. The van der Waals surface area contributed by atoms with Crippen molar-refractivity contribution < 1.29 is 0 Å². The van der Waals surface area contributed by atoms with Crippen molar-refractivity contribution in [1.29, 1.82) is 0 Å². The van der Waals surface area contributed by atoms with Crippen molar-refractivity contribution in [1.82, 2.24) is 10.3 Å². The lowest BCUT2D eigenvalue weighted by Gasteiger charge is -2.25. The second-order valence-electron chi connectivity index (χ2n) is 3.52. The summed E-state index contributed by atoms with van der Waals surface area (Å²) < 4.78 is 0. The molecule has 0 spiro atoms. The number of nitrogens with zero attached hydrogens (tertiary/aromatic N) is 1. The van der Waals surface area contributed by atoms with Gasteiger partial charge in [0.15, 0.2) is 0 Å². The van der Waals surface area contributed by atoms with Gasteiger partial charge in [0, 0.05) is 11.7 Å². The molecule has 0 aliphatic rings. The largest absolute Gasteiger partial charge is 0.308 e. The van der Waals surface area contributed by atoms with Crippen molar-refractivity contribution in [2.24, 2.45) is 0 Å². The number of halogens is 1. The van der Waals surface area contributed by atoms with E-state index in [9.17, 15) is 0 Å². The Labute approximate surface area is 84.3 Å². The van der Waals surface area contributed by atoms with Crippen LogP contribution in [0, 0.1) is 0 Å². The Balaban J connectivity index is 2.87. The summed E-state index contributed by atoms with van der Waals surface area (Å²) in [4.78, 5) is 4.05. The molecule has 0 amide bonds. The molecule has 72 valence electrons. The lowest BCUT2D eigenvalue weighted by molar-refractivity contribution is 0.414. The maximum atomic E-state index is 5.71. The van der Waals surface area contributed by atoms with Crippen LogP contribution in [0.4, 0.5) is 0 Å². The van der Waals surface area contributed by atoms with Crippen LogP contribution in [-0.2, 0) is 5.54 Å². The summed E-state index contributed by atoms with van der Waals surface area (Å²) in [6.07, 6.45) is 1.81. The zero-order valence-electron chi connectivity index (χ0n) is 8.26. The fourth-order valence-corrected chi connectivity index (χ4v) is 1.40. The molecular formula is C10H15ClN2. The van der Waals surface area contributed by atoms with Gasteiger partial charge in [-0.25, -0.2) is 4.98 Å². The Morgan fingerprint density at radius 1 is 1.46 bits per heavy atom. The second-order valence-corrected chi connectivity index (χ2v) is 3.91. The first-order valence-electron chi connectivity index (χ1n) is 4.43. The van der Waals surface area contributed by atoms with Gasteiger partial charge in [-0.3, -0.25) is 0 Å². The molecule has 0 unspecified atom stereocenters. The zero-order valence-corrected chi connectivity index (χ0v) is 9.02. The number of nitrogens with one attached hydrogen (secondary N) is 1. The van der Waals surface area contributed by atoms with E-state index in [4.69, 9.17) is 11.6 Å². The van der Waals surface area contributed by atoms with Crippen LogP contribution in [0.5, 0.6) is 0 Å². The number of aromatic nitrogens is 1. The molecular weight excluding hydrogens is 184 g/mol. The fraction of sp³-hybridized carbons (Fsp3) is 0.500. The van der Waals surface area contributed by atoms with Crippen molar-refractivity contribution in [2.45, 2.75) is 26.3 Å². The Morgan fingerprint density at radius 3 is 2.62 bits per heavy atom. The van der Waals surface area contributed by atoms with Crippen LogP contribution in [-0.4, -0.2) is 11.5 Å². The molecule has 1 heterocycles. The molecule has 0 atom stereocenters. The Hall–Kier alpha value is -0.600. The molecule has 1 aromatic rings. The highest BCUT2D eigenvalue weighted by Gasteiger charge is 2.18. The fourth-order valence-electron chi connectivity index (χ4n) is 1.29. The van der Waals surface area contributed by atoms with Gasteiger partial charge >= 0.3 is 0 Å². The number of pyridine rings is 1. The smallest absolute Gasteiger partial charge is 0.129 e. The molecule has 1 N–H and O–H groups in total. The van der Waals surface area contributed by atoms with Crippen LogP contribution in [0.1, 0.15) is 26.3 Å². The van der Waals surface area contributed by atoms with Crippen molar-refractivity contribution in [3.05, 3.63) is 29.0 Å². The van der Waals surface area contributed by atoms with Gasteiger partial charge in [-0.2, -0.15) is 0 Å². The monoisotopic (exact) mass is 198 g/mol. The molecule has 0 aliphatic carbocycles. The minimum Gasteiger partial charge on any atom is -0.308 e. The van der Waals surface area contributed by atoms with Gasteiger partial charge in [0.1, 0.15) is 5.15 Å². The Morgan fingerprint density at radius 2 is 2.15 bits per heavy atom. The van der Waals surface area contributed by atoms with Gasteiger partial charge < -0.3 is 5.32 Å². The van der Waals surface area contributed by atoms with Gasteiger partial charge in [-0.05, 0) is 32.0 Å². The maximum absolute atomic E-state index is 5.71. The third-order valence-electron chi connectivity index (χ3n) is 2.07. The number of hydrogen-bond donors (Lipinski definition) is 1. The summed E-state index contributed by atoms with van der Waals surface area (Å²) in [5, 5.41) is 3.91. The summed E-state index contributed by atoms with van der Waals surface area (Å²) in [6, 6.07) is 3.81. The predicted molar refractivity (Wildman–Crippen MR) is 55.9 cm³/mol. The number of hydrogen-bond acceptors (Lipinski definition) is 2. The van der Waals surface area contributed by atoms with E-state index in [0.717, 1.165) is 12.1 Å². The van der Waals surface area contributed by atoms with Crippen LogP contribution < -0.4 is 5.32 Å². The SMILES string of the molecule is CCNC(C)(C)c1ccc(Cl)nc1. The summed E-state index contributed by atoms with van der Waals surface area (Å²) in [7, 11) is 0. The van der Waals surface area contributed by atoms with Crippen LogP contribution in [0.15, 0.2) is 18.3 Å². The average molecular weight is 199 g/mol. The average Bonchev–Trinajstić information content (AvgIpc) is 2.05. The lowest BCUT2D eigenvalue weighted by atomic mass is 9.96.